The van der Waals surface area contributed by atoms with Crippen molar-refractivity contribution in [1.82, 2.24) is 10.2 Å². The highest BCUT2D eigenvalue weighted by molar-refractivity contribution is 5.70. The van der Waals surface area contributed by atoms with E-state index < -0.39 is 35.0 Å². The highest BCUT2D eigenvalue weighted by Crippen LogP contribution is 2.44. The molecule has 1 N–H and O–H groups in total. The first-order chi connectivity index (χ1) is 15.7. The maximum atomic E-state index is 14.3. The number of hydrogen-bond acceptors (Lipinski definition) is 4. The van der Waals surface area contributed by atoms with Gasteiger partial charge in [-0.3, -0.25) is 4.90 Å². The van der Waals surface area contributed by atoms with Crippen LogP contribution in [0.4, 0.5) is 18.0 Å². The lowest BCUT2D eigenvalue weighted by Gasteiger charge is -2.44. The molecular formula is C25H27F3N2O3. The molecule has 8 heteroatoms. The zero-order chi connectivity index (χ0) is 23.3. The Morgan fingerprint density at radius 1 is 1.09 bits per heavy atom. The lowest BCUT2D eigenvalue weighted by Crippen LogP contribution is -2.53. The Labute approximate surface area is 190 Å². The van der Waals surface area contributed by atoms with Crippen molar-refractivity contribution in [3.63, 3.8) is 0 Å². The molecule has 2 aromatic carbocycles. The topological polar surface area (TPSA) is 50.8 Å². The molecule has 0 spiro atoms. The van der Waals surface area contributed by atoms with Crippen LogP contribution in [0, 0.1) is 28.8 Å². The highest BCUT2D eigenvalue weighted by Gasteiger charge is 2.41. The lowest BCUT2D eigenvalue weighted by molar-refractivity contribution is -0.0361. The first-order valence-electron chi connectivity index (χ1n) is 11.3. The van der Waals surface area contributed by atoms with Gasteiger partial charge < -0.3 is 14.8 Å². The number of fused-ring (bicyclic) bond motifs is 4. The largest absolute Gasteiger partial charge is 0.493 e. The first-order valence-corrected chi connectivity index (χ1v) is 11.3. The molecule has 2 atom stereocenters. The Kier molecular flexibility index (Phi) is 5.51. The van der Waals surface area contributed by atoms with E-state index in [1.165, 1.54) is 0 Å². The zero-order valence-corrected chi connectivity index (χ0v) is 18.7. The SMILES string of the molecule is CC1(C)COc2cc(-c3cc(F)c(F)cc3F)ccc2C1NC(=O)O[C@@H]1CN2CCC1CC2. The van der Waals surface area contributed by atoms with Gasteiger partial charge in [-0.15, -0.1) is 0 Å². The Morgan fingerprint density at radius 3 is 2.52 bits per heavy atom. The van der Waals surface area contributed by atoms with Crippen LogP contribution in [0.25, 0.3) is 11.1 Å². The van der Waals surface area contributed by atoms with E-state index in [-0.39, 0.29) is 11.7 Å². The summed E-state index contributed by atoms with van der Waals surface area (Å²) in [5.41, 5.74) is 0.606. The highest BCUT2D eigenvalue weighted by atomic mass is 19.2. The molecule has 33 heavy (non-hydrogen) atoms. The van der Waals surface area contributed by atoms with E-state index in [0.717, 1.165) is 44.1 Å². The minimum Gasteiger partial charge on any atom is -0.493 e. The monoisotopic (exact) mass is 460 g/mol. The lowest BCUT2D eigenvalue weighted by atomic mass is 9.78. The van der Waals surface area contributed by atoms with Crippen LogP contribution < -0.4 is 10.1 Å². The van der Waals surface area contributed by atoms with Gasteiger partial charge in [0.1, 0.15) is 17.7 Å². The molecule has 0 radical (unpaired) electrons. The van der Waals surface area contributed by atoms with Gasteiger partial charge in [0.05, 0.1) is 12.6 Å². The van der Waals surface area contributed by atoms with E-state index in [9.17, 15) is 18.0 Å². The number of nitrogens with zero attached hydrogens (tertiary/aromatic N) is 1. The number of carbonyl (C=O) groups excluding carboxylic acids is 1. The van der Waals surface area contributed by atoms with Gasteiger partial charge in [0.2, 0.25) is 0 Å². The number of hydrogen-bond donors (Lipinski definition) is 1. The van der Waals surface area contributed by atoms with Crippen molar-refractivity contribution >= 4 is 6.09 Å². The van der Waals surface area contributed by atoms with E-state index in [0.29, 0.717) is 29.9 Å². The molecule has 0 saturated carbocycles. The molecule has 176 valence electrons. The number of rotatable bonds is 3. The Morgan fingerprint density at radius 2 is 1.82 bits per heavy atom. The van der Waals surface area contributed by atoms with Crippen molar-refractivity contribution in [2.75, 3.05) is 26.2 Å². The molecule has 4 heterocycles. The van der Waals surface area contributed by atoms with Crippen LogP contribution in [0.5, 0.6) is 5.75 Å². The van der Waals surface area contributed by atoms with Crippen molar-refractivity contribution in [3.05, 3.63) is 53.3 Å². The van der Waals surface area contributed by atoms with Crippen molar-refractivity contribution in [1.29, 1.82) is 0 Å². The van der Waals surface area contributed by atoms with Crippen LogP contribution in [0.1, 0.15) is 38.3 Å². The summed E-state index contributed by atoms with van der Waals surface area (Å²) in [4.78, 5) is 15.2. The number of nitrogens with one attached hydrogen (secondary N) is 1. The fourth-order valence-electron chi connectivity index (χ4n) is 5.18. The van der Waals surface area contributed by atoms with E-state index in [1.807, 2.05) is 13.8 Å². The fourth-order valence-corrected chi connectivity index (χ4v) is 5.18. The van der Waals surface area contributed by atoms with Crippen molar-refractivity contribution in [2.45, 2.75) is 38.8 Å². The predicted octanol–water partition coefficient (Wildman–Crippen LogP) is 5.05. The van der Waals surface area contributed by atoms with Crippen LogP contribution in [-0.2, 0) is 4.74 Å². The molecule has 2 bridgehead atoms. The van der Waals surface area contributed by atoms with E-state index in [1.54, 1.807) is 18.2 Å². The van der Waals surface area contributed by atoms with E-state index in [2.05, 4.69) is 10.2 Å². The average Bonchev–Trinajstić information content (AvgIpc) is 2.79. The molecule has 1 unspecified atom stereocenters. The van der Waals surface area contributed by atoms with Gasteiger partial charge in [-0.1, -0.05) is 26.0 Å². The summed E-state index contributed by atoms with van der Waals surface area (Å²) in [6.45, 7) is 7.18. The third-order valence-corrected chi connectivity index (χ3v) is 7.14. The number of carbonyl (C=O) groups is 1. The summed E-state index contributed by atoms with van der Waals surface area (Å²) in [5.74, 6) is -2.35. The smallest absolute Gasteiger partial charge is 0.407 e. The van der Waals surface area contributed by atoms with E-state index >= 15 is 0 Å². The fraction of sp³-hybridized carbons (Fsp3) is 0.480. The van der Waals surface area contributed by atoms with Gasteiger partial charge in [0.15, 0.2) is 11.6 Å². The summed E-state index contributed by atoms with van der Waals surface area (Å²) in [6.07, 6.45) is 1.53. The summed E-state index contributed by atoms with van der Waals surface area (Å²) < 4.78 is 53.0. The van der Waals surface area contributed by atoms with Crippen LogP contribution in [-0.4, -0.2) is 43.3 Å². The standard InChI is InChI=1S/C25H27F3N2O3/c1-25(2)13-32-21-9-15(17-10-19(27)20(28)11-18(17)26)3-4-16(21)23(25)29-24(31)33-22-12-30-7-5-14(22)6-8-30/h3-4,9-11,14,22-23H,5-8,12-13H2,1-2H3,(H,29,31)/t22-,23?/m1/s1. The van der Waals surface area contributed by atoms with Gasteiger partial charge >= 0.3 is 6.09 Å². The van der Waals surface area contributed by atoms with Crippen molar-refractivity contribution in [2.24, 2.45) is 11.3 Å². The minimum absolute atomic E-state index is 0.0589. The normalized spacial score (nSPS) is 27.4. The second-order valence-electron chi connectivity index (χ2n) is 9.94. The number of benzene rings is 2. The maximum absolute atomic E-state index is 14.3. The molecule has 4 aliphatic rings. The molecule has 4 aliphatic heterocycles. The van der Waals surface area contributed by atoms with Crippen molar-refractivity contribution < 1.29 is 27.4 Å². The molecular weight excluding hydrogens is 433 g/mol. The van der Waals surface area contributed by atoms with Crippen LogP contribution >= 0.6 is 0 Å². The van der Waals surface area contributed by atoms with Gasteiger partial charge in [-0.25, -0.2) is 18.0 Å². The third kappa shape index (κ3) is 4.16. The summed E-state index contributed by atoms with van der Waals surface area (Å²) in [5, 5.41) is 3.02. The maximum Gasteiger partial charge on any atom is 0.407 e. The van der Waals surface area contributed by atoms with Crippen LogP contribution in [0.15, 0.2) is 30.3 Å². The number of alkyl carbamates (subject to hydrolysis) is 1. The number of ether oxygens (including phenoxy) is 2. The van der Waals surface area contributed by atoms with Gasteiger partial charge in [-0.05, 0) is 49.5 Å². The Hall–Kier alpha value is -2.74. The number of piperidine rings is 3. The molecule has 0 aromatic heterocycles. The Bertz CT molecular complexity index is 1080. The molecule has 6 rings (SSSR count). The van der Waals surface area contributed by atoms with Gasteiger partial charge in [-0.2, -0.15) is 0 Å². The molecule has 1 amide bonds. The third-order valence-electron chi connectivity index (χ3n) is 7.14. The molecule has 3 saturated heterocycles. The van der Waals surface area contributed by atoms with Crippen molar-refractivity contribution in [3.8, 4) is 16.9 Å². The second kappa shape index (κ2) is 8.24. The van der Waals surface area contributed by atoms with Crippen LogP contribution in [0.2, 0.25) is 0 Å². The minimum atomic E-state index is -1.24. The van der Waals surface area contributed by atoms with E-state index in [4.69, 9.17) is 9.47 Å². The summed E-state index contributed by atoms with van der Waals surface area (Å²) in [6, 6.07) is 5.91. The average molecular weight is 460 g/mol. The molecule has 2 aromatic rings. The first kappa shape index (κ1) is 22.1. The second-order valence-corrected chi connectivity index (χ2v) is 9.94. The summed E-state index contributed by atoms with van der Waals surface area (Å²) in [7, 11) is 0. The van der Waals surface area contributed by atoms with Gasteiger partial charge in [0.25, 0.3) is 0 Å². The number of amides is 1. The zero-order valence-electron chi connectivity index (χ0n) is 18.7. The molecule has 3 fully saturated rings. The van der Waals surface area contributed by atoms with Crippen LogP contribution in [0.3, 0.4) is 0 Å². The molecule has 5 nitrogen and oxygen atoms in total. The van der Waals surface area contributed by atoms with Gasteiger partial charge in [0, 0.05) is 29.2 Å². The number of halogens is 3. The Balaban J connectivity index is 1.38. The molecule has 0 aliphatic carbocycles. The predicted molar refractivity (Wildman–Crippen MR) is 116 cm³/mol. The quantitative estimate of drug-likeness (QED) is 0.652. The summed E-state index contributed by atoms with van der Waals surface area (Å²) >= 11 is 0.